The van der Waals surface area contributed by atoms with Crippen LogP contribution < -0.4 is 4.74 Å². The van der Waals surface area contributed by atoms with Crippen molar-refractivity contribution in [1.82, 2.24) is 0 Å². The minimum absolute atomic E-state index is 0.228. The van der Waals surface area contributed by atoms with E-state index in [2.05, 4.69) is 0 Å². The third kappa shape index (κ3) is 6.22. The van der Waals surface area contributed by atoms with Gasteiger partial charge in [0.05, 0.1) is 19.8 Å². The van der Waals surface area contributed by atoms with Crippen molar-refractivity contribution in [2.24, 2.45) is 0 Å². The van der Waals surface area contributed by atoms with Crippen molar-refractivity contribution in [3.8, 4) is 5.75 Å². The van der Waals surface area contributed by atoms with Gasteiger partial charge in [0.25, 0.3) is 0 Å². The zero-order valence-electron chi connectivity index (χ0n) is 11.0. The Labute approximate surface area is 112 Å². The molecule has 0 spiro atoms. The van der Waals surface area contributed by atoms with Gasteiger partial charge in [-0.25, -0.2) is 0 Å². The number of benzene rings is 1. The van der Waals surface area contributed by atoms with Crippen molar-refractivity contribution in [3.05, 3.63) is 29.8 Å². The Morgan fingerprint density at radius 3 is 2.58 bits per heavy atom. The smallest absolute Gasteiger partial charge is 0.306 e. The summed E-state index contributed by atoms with van der Waals surface area (Å²) in [5, 5.41) is 17.7. The highest BCUT2D eigenvalue weighted by Gasteiger charge is 2.06. The van der Waals surface area contributed by atoms with Gasteiger partial charge in [-0.05, 0) is 30.5 Å². The van der Waals surface area contributed by atoms with E-state index in [0.717, 1.165) is 11.3 Å². The second kappa shape index (κ2) is 8.50. The van der Waals surface area contributed by atoms with E-state index >= 15 is 0 Å². The lowest BCUT2D eigenvalue weighted by Gasteiger charge is -2.07. The van der Waals surface area contributed by atoms with Crippen LogP contribution >= 0.6 is 0 Å². The molecule has 106 valence electrons. The molecule has 0 saturated carbocycles. The molecule has 1 aromatic rings. The third-order valence-corrected chi connectivity index (χ3v) is 2.69. The van der Waals surface area contributed by atoms with E-state index in [0.29, 0.717) is 12.8 Å². The van der Waals surface area contributed by atoms with Gasteiger partial charge in [-0.3, -0.25) is 4.79 Å². The molecule has 0 aliphatic rings. The van der Waals surface area contributed by atoms with Gasteiger partial charge in [-0.1, -0.05) is 12.1 Å². The van der Waals surface area contributed by atoms with Crippen LogP contribution in [0, 0.1) is 0 Å². The molecule has 2 N–H and O–H groups in total. The van der Waals surface area contributed by atoms with Crippen LogP contribution in [0.4, 0.5) is 0 Å². The van der Waals surface area contributed by atoms with Crippen molar-refractivity contribution >= 4 is 5.97 Å². The largest absolute Gasteiger partial charge is 0.497 e. The summed E-state index contributed by atoms with van der Waals surface area (Å²) in [5.74, 6) is 0.453. The highest BCUT2D eigenvalue weighted by Crippen LogP contribution is 2.12. The van der Waals surface area contributed by atoms with Crippen LogP contribution in [-0.2, 0) is 16.1 Å². The zero-order valence-corrected chi connectivity index (χ0v) is 11.0. The summed E-state index contributed by atoms with van der Waals surface area (Å²) in [6, 6.07) is 7.28. The minimum Gasteiger partial charge on any atom is -0.497 e. The Bertz CT molecular complexity index is 374. The van der Waals surface area contributed by atoms with Crippen LogP contribution in [0.25, 0.3) is 0 Å². The summed E-state index contributed by atoms with van der Waals surface area (Å²) in [6.45, 7) is -0.0493. The van der Waals surface area contributed by atoms with Gasteiger partial charge in [0.1, 0.15) is 12.4 Å². The molecule has 5 nitrogen and oxygen atoms in total. The molecule has 0 saturated heterocycles. The standard InChI is InChI=1S/C14H20O5/c1-18-13-7-5-11(6-8-13)10-19-14(17)4-2-3-12(16)9-15/h5-8,12,15-16H,2-4,9-10H2,1H3/t12-/m1/s1. The summed E-state index contributed by atoms with van der Waals surface area (Å²) in [7, 11) is 1.59. The molecule has 0 amide bonds. The fourth-order valence-corrected chi connectivity index (χ4v) is 1.53. The number of aliphatic hydroxyl groups excluding tert-OH is 2. The normalized spacial score (nSPS) is 11.9. The maximum atomic E-state index is 11.4. The summed E-state index contributed by atoms with van der Waals surface area (Å²) in [6.07, 6.45) is 0.388. The lowest BCUT2D eigenvalue weighted by atomic mass is 10.1. The number of hydrogen-bond donors (Lipinski definition) is 2. The van der Waals surface area contributed by atoms with E-state index in [9.17, 15) is 4.79 Å². The van der Waals surface area contributed by atoms with Gasteiger partial charge in [-0.15, -0.1) is 0 Å². The first-order chi connectivity index (χ1) is 9.15. The van der Waals surface area contributed by atoms with E-state index < -0.39 is 6.10 Å². The lowest BCUT2D eigenvalue weighted by molar-refractivity contribution is -0.145. The Hall–Kier alpha value is -1.59. The van der Waals surface area contributed by atoms with Gasteiger partial charge in [0.2, 0.25) is 0 Å². The number of carbonyl (C=O) groups excluding carboxylic acids is 1. The fourth-order valence-electron chi connectivity index (χ4n) is 1.53. The summed E-state index contributed by atoms with van der Waals surface area (Å²) >= 11 is 0. The quantitative estimate of drug-likeness (QED) is 0.694. The number of carbonyl (C=O) groups is 1. The van der Waals surface area contributed by atoms with E-state index in [-0.39, 0.29) is 25.6 Å². The van der Waals surface area contributed by atoms with Gasteiger partial charge in [-0.2, -0.15) is 0 Å². The highest BCUT2D eigenvalue weighted by atomic mass is 16.5. The maximum absolute atomic E-state index is 11.4. The Balaban J connectivity index is 2.22. The molecular formula is C14H20O5. The minimum atomic E-state index is -0.755. The number of methoxy groups -OCH3 is 1. The third-order valence-electron chi connectivity index (χ3n) is 2.69. The number of aliphatic hydroxyl groups is 2. The lowest BCUT2D eigenvalue weighted by Crippen LogP contribution is -2.12. The molecule has 19 heavy (non-hydrogen) atoms. The fraction of sp³-hybridized carbons (Fsp3) is 0.500. The van der Waals surface area contributed by atoms with Crippen molar-refractivity contribution in [2.75, 3.05) is 13.7 Å². The average Bonchev–Trinajstić information content (AvgIpc) is 2.45. The van der Waals surface area contributed by atoms with Crippen molar-refractivity contribution in [3.63, 3.8) is 0 Å². The van der Waals surface area contributed by atoms with Gasteiger partial charge in [0.15, 0.2) is 0 Å². The van der Waals surface area contributed by atoms with Crippen molar-refractivity contribution < 1.29 is 24.5 Å². The summed E-state index contributed by atoms with van der Waals surface area (Å²) < 4.78 is 10.1. The molecular weight excluding hydrogens is 248 g/mol. The van der Waals surface area contributed by atoms with Crippen molar-refractivity contribution in [1.29, 1.82) is 0 Å². The van der Waals surface area contributed by atoms with Crippen LogP contribution in [0.3, 0.4) is 0 Å². The van der Waals surface area contributed by atoms with Crippen LogP contribution in [-0.4, -0.2) is 36.0 Å². The van der Waals surface area contributed by atoms with Crippen molar-refractivity contribution in [2.45, 2.75) is 32.0 Å². The predicted octanol–water partition coefficient (Wildman–Crippen LogP) is 1.26. The van der Waals surface area contributed by atoms with Gasteiger partial charge < -0.3 is 19.7 Å². The van der Waals surface area contributed by atoms with E-state index in [1.807, 2.05) is 12.1 Å². The first-order valence-corrected chi connectivity index (χ1v) is 6.23. The van der Waals surface area contributed by atoms with E-state index in [4.69, 9.17) is 19.7 Å². The molecule has 1 atom stereocenters. The number of esters is 1. The molecule has 0 aliphatic heterocycles. The summed E-state index contributed by atoms with van der Waals surface area (Å²) in [4.78, 5) is 11.4. The molecule has 0 fully saturated rings. The Kier molecular flexibility index (Phi) is 6.92. The predicted molar refractivity (Wildman–Crippen MR) is 69.7 cm³/mol. The second-order valence-corrected chi connectivity index (χ2v) is 4.24. The van der Waals surface area contributed by atoms with E-state index in [1.54, 1.807) is 19.2 Å². The van der Waals surface area contributed by atoms with Crippen LogP contribution in [0.1, 0.15) is 24.8 Å². The molecule has 1 aromatic carbocycles. The van der Waals surface area contributed by atoms with Crippen LogP contribution in [0.5, 0.6) is 5.75 Å². The number of rotatable bonds is 8. The molecule has 0 aromatic heterocycles. The molecule has 0 aliphatic carbocycles. The second-order valence-electron chi connectivity index (χ2n) is 4.24. The van der Waals surface area contributed by atoms with E-state index in [1.165, 1.54) is 0 Å². The SMILES string of the molecule is COc1ccc(COC(=O)CCC[C@@H](O)CO)cc1. The molecule has 0 unspecified atom stereocenters. The number of hydrogen-bond acceptors (Lipinski definition) is 5. The van der Waals surface area contributed by atoms with Gasteiger partial charge >= 0.3 is 5.97 Å². The Morgan fingerprint density at radius 1 is 1.32 bits per heavy atom. The van der Waals surface area contributed by atoms with Gasteiger partial charge in [0, 0.05) is 6.42 Å². The highest BCUT2D eigenvalue weighted by molar-refractivity contribution is 5.69. The monoisotopic (exact) mass is 268 g/mol. The van der Waals surface area contributed by atoms with Crippen LogP contribution in [0.15, 0.2) is 24.3 Å². The topological polar surface area (TPSA) is 76.0 Å². The number of ether oxygens (including phenoxy) is 2. The Morgan fingerprint density at radius 2 is 2.00 bits per heavy atom. The van der Waals surface area contributed by atoms with Crippen LogP contribution in [0.2, 0.25) is 0 Å². The first-order valence-electron chi connectivity index (χ1n) is 6.23. The molecule has 0 heterocycles. The zero-order chi connectivity index (χ0) is 14.1. The summed E-state index contributed by atoms with van der Waals surface area (Å²) in [5.41, 5.74) is 0.893. The first kappa shape index (κ1) is 15.5. The average molecular weight is 268 g/mol. The molecule has 1 rings (SSSR count). The molecule has 0 bridgehead atoms. The molecule has 0 radical (unpaired) electrons. The molecule has 5 heteroatoms. The maximum Gasteiger partial charge on any atom is 0.306 e.